The van der Waals surface area contributed by atoms with E-state index in [-0.39, 0.29) is 17.7 Å². The predicted molar refractivity (Wildman–Crippen MR) is 76.4 cm³/mol. The molecule has 1 atom stereocenters. The van der Waals surface area contributed by atoms with Crippen LogP contribution in [0.4, 0.5) is 8.78 Å². The summed E-state index contributed by atoms with van der Waals surface area (Å²) in [6, 6.07) is 8.53. The first-order valence-corrected chi connectivity index (χ1v) is 6.77. The van der Waals surface area contributed by atoms with E-state index in [2.05, 4.69) is 21.2 Å². The Kier molecular flexibility index (Phi) is 4.55. The van der Waals surface area contributed by atoms with E-state index in [0.29, 0.717) is 20.6 Å². The Labute approximate surface area is 123 Å². The Balaban J connectivity index is 2.49. The molecule has 0 amide bonds. The molecule has 2 aromatic rings. The highest BCUT2D eigenvalue weighted by Gasteiger charge is 2.17. The number of benzene rings is 2. The molecule has 0 aromatic heterocycles. The molecule has 0 saturated carbocycles. The third-order valence-electron chi connectivity index (χ3n) is 2.83. The molecule has 5 heteroatoms. The number of nitrogens with one attached hydrogen (secondary N) is 1. The van der Waals surface area contributed by atoms with Gasteiger partial charge in [-0.3, -0.25) is 0 Å². The summed E-state index contributed by atoms with van der Waals surface area (Å²) in [6.07, 6.45) is 0. The summed E-state index contributed by atoms with van der Waals surface area (Å²) >= 11 is 9.18. The van der Waals surface area contributed by atoms with Gasteiger partial charge in [0.05, 0.1) is 10.5 Å². The first kappa shape index (κ1) is 14.4. The van der Waals surface area contributed by atoms with Crippen molar-refractivity contribution in [2.24, 2.45) is 0 Å². The van der Waals surface area contributed by atoms with Crippen molar-refractivity contribution in [3.8, 4) is 0 Å². The summed E-state index contributed by atoms with van der Waals surface area (Å²) in [7, 11) is 1.71. The third-order valence-corrected chi connectivity index (χ3v) is 3.82. The highest BCUT2D eigenvalue weighted by molar-refractivity contribution is 9.10. The van der Waals surface area contributed by atoms with Crippen molar-refractivity contribution in [1.82, 2.24) is 5.32 Å². The predicted octanol–water partition coefficient (Wildman–Crippen LogP) is 4.69. The van der Waals surface area contributed by atoms with Gasteiger partial charge in [0, 0.05) is 5.02 Å². The molecule has 1 N–H and O–H groups in total. The van der Waals surface area contributed by atoms with Gasteiger partial charge in [0.25, 0.3) is 0 Å². The molecule has 0 aliphatic carbocycles. The van der Waals surface area contributed by atoms with Crippen LogP contribution in [-0.4, -0.2) is 7.05 Å². The zero-order chi connectivity index (χ0) is 14.0. The maximum Gasteiger partial charge on any atom is 0.137 e. The molecule has 0 heterocycles. The summed E-state index contributed by atoms with van der Waals surface area (Å²) in [5, 5.41) is 3.45. The Morgan fingerprint density at radius 1 is 1.16 bits per heavy atom. The van der Waals surface area contributed by atoms with Gasteiger partial charge < -0.3 is 5.32 Å². The van der Waals surface area contributed by atoms with Gasteiger partial charge in [-0.25, -0.2) is 8.78 Å². The lowest BCUT2D eigenvalue weighted by molar-refractivity contribution is 0.605. The second-order valence-corrected chi connectivity index (χ2v) is 5.32. The molecule has 100 valence electrons. The molecule has 0 fully saturated rings. The maximum atomic E-state index is 13.6. The van der Waals surface area contributed by atoms with E-state index in [0.717, 1.165) is 0 Å². The Bertz CT molecular complexity index is 604. The van der Waals surface area contributed by atoms with Crippen LogP contribution >= 0.6 is 27.5 Å². The molecule has 0 aliphatic rings. The third kappa shape index (κ3) is 3.14. The van der Waals surface area contributed by atoms with Crippen LogP contribution in [0.3, 0.4) is 0 Å². The highest BCUT2D eigenvalue weighted by atomic mass is 79.9. The van der Waals surface area contributed by atoms with Crippen molar-refractivity contribution in [1.29, 1.82) is 0 Å². The molecule has 2 aromatic carbocycles. The molecule has 19 heavy (non-hydrogen) atoms. The lowest BCUT2D eigenvalue weighted by Crippen LogP contribution is -2.18. The van der Waals surface area contributed by atoms with Gasteiger partial charge in [-0.15, -0.1) is 0 Å². The van der Waals surface area contributed by atoms with E-state index in [4.69, 9.17) is 11.6 Å². The van der Waals surface area contributed by atoms with Crippen molar-refractivity contribution in [2.45, 2.75) is 6.04 Å². The molecule has 1 unspecified atom stereocenters. The second kappa shape index (κ2) is 5.99. The molecule has 0 spiro atoms. The lowest BCUT2D eigenvalue weighted by atomic mass is 9.98. The summed E-state index contributed by atoms with van der Waals surface area (Å²) in [5.74, 6) is -0.748. The normalized spacial score (nSPS) is 12.5. The van der Waals surface area contributed by atoms with Crippen LogP contribution in [-0.2, 0) is 0 Å². The fraction of sp³-hybridized carbons (Fsp3) is 0.143. The van der Waals surface area contributed by atoms with Crippen molar-refractivity contribution in [2.75, 3.05) is 7.05 Å². The van der Waals surface area contributed by atoms with Gasteiger partial charge in [-0.2, -0.15) is 0 Å². The smallest absolute Gasteiger partial charge is 0.137 e. The van der Waals surface area contributed by atoms with E-state index in [1.165, 1.54) is 24.3 Å². The van der Waals surface area contributed by atoms with Gasteiger partial charge in [0.1, 0.15) is 11.6 Å². The van der Waals surface area contributed by atoms with E-state index >= 15 is 0 Å². The number of rotatable bonds is 3. The lowest BCUT2D eigenvalue weighted by Gasteiger charge is -2.19. The van der Waals surface area contributed by atoms with Crippen LogP contribution < -0.4 is 5.32 Å². The first-order valence-electron chi connectivity index (χ1n) is 5.60. The minimum Gasteiger partial charge on any atom is -0.309 e. The monoisotopic (exact) mass is 345 g/mol. The van der Waals surface area contributed by atoms with Crippen LogP contribution in [0.1, 0.15) is 17.2 Å². The van der Waals surface area contributed by atoms with E-state index in [9.17, 15) is 8.78 Å². The van der Waals surface area contributed by atoms with Gasteiger partial charge in [0.2, 0.25) is 0 Å². The van der Waals surface area contributed by atoms with Crippen molar-refractivity contribution in [3.63, 3.8) is 0 Å². The Morgan fingerprint density at radius 3 is 2.53 bits per heavy atom. The summed E-state index contributed by atoms with van der Waals surface area (Å²) in [4.78, 5) is 0. The van der Waals surface area contributed by atoms with E-state index in [1.54, 1.807) is 19.2 Å². The molecule has 0 aliphatic heterocycles. The summed E-state index contributed by atoms with van der Waals surface area (Å²) < 4.78 is 27.3. The second-order valence-electron chi connectivity index (χ2n) is 4.06. The first-order chi connectivity index (χ1) is 9.02. The fourth-order valence-electron chi connectivity index (χ4n) is 1.93. The average Bonchev–Trinajstić information content (AvgIpc) is 2.38. The minimum atomic E-state index is -0.378. The van der Waals surface area contributed by atoms with Crippen LogP contribution in [0.15, 0.2) is 40.9 Å². The number of hydrogen-bond acceptors (Lipinski definition) is 1. The average molecular weight is 347 g/mol. The SMILES string of the molecule is CNC(c1ccc(Br)c(F)c1)c1cc(F)ccc1Cl. The topological polar surface area (TPSA) is 12.0 Å². The van der Waals surface area contributed by atoms with Crippen LogP contribution in [0, 0.1) is 11.6 Å². The van der Waals surface area contributed by atoms with E-state index in [1.807, 2.05) is 0 Å². The Morgan fingerprint density at radius 2 is 1.89 bits per heavy atom. The molecule has 1 nitrogen and oxygen atoms in total. The standard InChI is InChI=1S/C14H11BrClF2N/c1-19-14(8-2-4-11(15)13(18)6-8)10-7-9(17)3-5-12(10)16/h2-7,14,19H,1H3. The number of hydrogen-bond donors (Lipinski definition) is 1. The summed E-state index contributed by atoms with van der Waals surface area (Å²) in [5.41, 5.74) is 1.25. The van der Waals surface area contributed by atoms with E-state index < -0.39 is 0 Å². The molecule has 0 bridgehead atoms. The molecular formula is C14H11BrClF2N. The van der Waals surface area contributed by atoms with Gasteiger partial charge in [-0.05, 0) is 64.4 Å². The molecule has 0 radical (unpaired) electrons. The maximum absolute atomic E-state index is 13.6. The highest BCUT2D eigenvalue weighted by Crippen LogP contribution is 2.30. The van der Waals surface area contributed by atoms with Gasteiger partial charge in [-0.1, -0.05) is 17.7 Å². The van der Waals surface area contributed by atoms with Crippen LogP contribution in [0.2, 0.25) is 5.02 Å². The largest absolute Gasteiger partial charge is 0.309 e. The van der Waals surface area contributed by atoms with Crippen molar-refractivity contribution in [3.05, 3.63) is 68.7 Å². The number of halogens is 4. The zero-order valence-electron chi connectivity index (χ0n) is 10.1. The molecule has 0 saturated heterocycles. The van der Waals surface area contributed by atoms with Gasteiger partial charge in [0.15, 0.2) is 0 Å². The minimum absolute atomic E-state index is 0.370. The van der Waals surface area contributed by atoms with Crippen molar-refractivity contribution >= 4 is 27.5 Å². The van der Waals surface area contributed by atoms with Gasteiger partial charge >= 0.3 is 0 Å². The van der Waals surface area contributed by atoms with Crippen LogP contribution in [0.5, 0.6) is 0 Å². The van der Waals surface area contributed by atoms with Crippen LogP contribution in [0.25, 0.3) is 0 Å². The summed E-state index contributed by atoms with van der Waals surface area (Å²) in [6.45, 7) is 0. The fourth-order valence-corrected chi connectivity index (χ4v) is 2.40. The Hall–Kier alpha value is -0.970. The van der Waals surface area contributed by atoms with Crippen molar-refractivity contribution < 1.29 is 8.78 Å². The zero-order valence-corrected chi connectivity index (χ0v) is 12.4. The quantitative estimate of drug-likeness (QED) is 0.850. The molecular weight excluding hydrogens is 336 g/mol. The molecule has 2 rings (SSSR count).